The summed E-state index contributed by atoms with van der Waals surface area (Å²) in [5.74, 6) is 0. The summed E-state index contributed by atoms with van der Waals surface area (Å²) < 4.78 is 1.96. The molecular weight excluding hydrogens is 152 g/mol. The van der Waals surface area contributed by atoms with Crippen LogP contribution in [0.1, 0.15) is 5.69 Å². The van der Waals surface area contributed by atoms with Crippen LogP contribution in [-0.4, -0.2) is 21.4 Å². The van der Waals surface area contributed by atoms with Gasteiger partial charge in [-0.2, -0.15) is 0 Å². The Balaban J connectivity index is 2.55. The molecule has 0 fully saturated rings. The minimum absolute atomic E-state index is 0.780. The molecule has 12 heavy (non-hydrogen) atoms. The normalized spacial score (nSPS) is 10.8. The first-order valence-corrected chi connectivity index (χ1v) is 3.82. The maximum atomic E-state index is 4.25. The Kier molecular flexibility index (Phi) is 1.75. The highest BCUT2D eigenvalue weighted by molar-refractivity contribution is 5.49. The van der Waals surface area contributed by atoms with Gasteiger partial charge >= 0.3 is 0 Å². The molecule has 0 spiro atoms. The van der Waals surface area contributed by atoms with Crippen LogP contribution >= 0.6 is 0 Å². The van der Waals surface area contributed by atoms with Crippen molar-refractivity contribution in [3.63, 3.8) is 0 Å². The van der Waals surface area contributed by atoms with E-state index in [1.165, 1.54) is 0 Å². The minimum atomic E-state index is 0.780. The molecule has 1 N–H and O–H groups in total. The van der Waals surface area contributed by atoms with E-state index in [2.05, 4.69) is 15.3 Å². The maximum absolute atomic E-state index is 4.25. The van der Waals surface area contributed by atoms with Gasteiger partial charge in [-0.25, -0.2) is 4.98 Å². The van der Waals surface area contributed by atoms with Crippen LogP contribution in [0, 0.1) is 0 Å². The summed E-state index contributed by atoms with van der Waals surface area (Å²) in [5.41, 5.74) is 2.09. The molecule has 0 unspecified atom stereocenters. The molecule has 0 amide bonds. The molecule has 0 saturated heterocycles. The predicted molar refractivity (Wildman–Crippen MR) is 45.8 cm³/mol. The second-order valence-corrected chi connectivity index (χ2v) is 2.59. The summed E-state index contributed by atoms with van der Waals surface area (Å²) in [4.78, 5) is 8.28. The predicted octanol–water partition coefficient (Wildman–Crippen LogP) is 0.449. The van der Waals surface area contributed by atoms with E-state index >= 15 is 0 Å². The second kappa shape index (κ2) is 2.91. The first kappa shape index (κ1) is 7.24. The number of hydrogen-bond acceptors (Lipinski definition) is 3. The standard InChI is InChI=1S/C8H10N4/c1-9-4-7-8-5-10-2-3-12(8)6-11-7/h2-3,5-6,9H,4H2,1H3. The van der Waals surface area contributed by atoms with Crippen molar-refractivity contribution in [2.24, 2.45) is 0 Å². The fourth-order valence-electron chi connectivity index (χ4n) is 1.20. The van der Waals surface area contributed by atoms with Gasteiger partial charge in [-0.1, -0.05) is 0 Å². The van der Waals surface area contributed by atoms with Gasteiger partial charge in [-0.15, -0.1) is 0 Å². The zero-order chi connectivity index (χ0) is 8.39. The van der Waals surface area contributed by atoms with Crippen LogP contribution in [0.25, 0.3) is 5.52 Å². The Hall–Kier alpha value is -1.42. The van der Waals surface area contributed by atoms with Crippen LogP contribution < -0.4 is 5.32 Å². The van der Waals surface area contributed by atoms with Crippen LogP contribution in [0.2, 0.25) is 0 Å². The summed E-state index contributed by atoms with van der Waals surface area (Å²) >= 11 is 0. The number of hydrogen-bond donors (Lipinski definition) is 1. The summed E-state index contributed by atoms with van der Waals surface area (Å²) in [6.07, 6.45) is 7.25. The van der Waals surface area contributed by atoms with Crippen LogP contribution in [-0.2, 0) is 6.54 Å². The largest absolute Gasteiger partial charge is 0.314 e. The van der Waals surface area contributed by atoms with Gasteiger partial charge in [-0.3, -0.25) is 4.98 Å². The third-order valence-corrected chi connectivity index (χ3v) is 1.77. The number of fused-ring (bicyclic) bond motifs is 1. The molecule has 0 aliphatic rings. The number of nitrogens with one attached hydrogen (secondary N) is 1. The number of aromatic nitrogens is 3. The highest BCUT2D eigenvalue weighted by atomic mass is 15.0. The number of rotatable bonds is 2. The monoisotopic (exact) mass is 162 g/mol. The van der Waals surface area contributed by atoms with Crippen LogP contribution in [0.5, 0.6) is 0 Å². The Labute approximate surface area is 70.3 Å². The third kappa shape index (κ3) is 1.06. The van der Waals surface area contributed by atoms with Crippen LogP contribution in [0.3, 0.4) is 0 Å². The van der Waals surface area contributed by atoms with E-state index in [0.29, 0.717) is 0 Å². The van der Waals surface area contributed by atoms with Crippen molar-refractivity contribution >= 4 is 5.52 Å². The lowest BCUT2D eigenvalue weighted by atomic mass is 10.4. The first-order valence-electron chi connectivity index (χ1n) is 3.82. The fraction of sp³-hybridized carbons (Fsp3) is 0.250. The van der Waals surface area contributed by atoms with Gasteiger partial charge in [-0.05, 0) is 7.05 Å². The van der Waals surface area contributed by atoms with Crippen molar-refractivity contribution in [2.45, 2.75) is 6.54 Å². The molecule has 2 aromatic heterocycles. The van der Waals surface area contributed by atoms with E-state index in [-0.39, 0.29) is 0 Å². The lowest BCUT2D eigenvalue weighted by Gasteiger charge is -1.95. The lowest BCUT2D eigenvalue weighted by Crippen LogP contribution is -2.05. The summed E-state index contributed by atoms with van der Waals surface area (Å²) in [7, 11) is 1.90. The molecule has 2 rings (SSSR count). The first-order chi connectivity index (χ1) is 5.92. The Morgan fingerprint density at radius 1 is 1.58 bits per heavy atom. The number of nitrogens with zero attached hydrogens (tertiary/aromatic N) is 3. The van der Waals surface area contributed by atoms with E-state index in [9.17, 15) is 0 Å². The molecule has 0 aliphatic heterocycles. The molecule has 2 aromatic rings. The van der Waals surface area contributed by atoms with E-state index in [1.807, 2.05) is 23.8 Å². The highest BCUT2D eigenvalue weighted by Gasteiger charge is 2.00. The molecule has 0 atom stereocenters. The van der Waals surface area contributed by atoms with Crippen LogP contribution in [0.15, 0.2) is 24.9 Å². The molecule has 0 aromatic carbocycles. The second-order valence-electron chi connectivity index (χ2n) is 2.59. The van der Waals surface area contributed by atoms with Crippen molar-refractivity contribution in [3.05, 3.63) is 30.6 Å². The van der Waals surface area contributed by atoms with E-state index in [4.69, 9.17) is 0 Å². The van der Waals surface area contributed by atoms with Gasteiger partial charge in [0.05, 0.1) is 23.7 Å². The van der Waals surface area contributed by atoms with Gasteiger partial charge in [0, 0.05) is 18.9 Å². The van der Waals surface area contributed by atoms with Gasteiger partial charge < -0.3 is 9.72 Å². The fourth-order valence-corrected chi connectivity index (χ4v) is 1.20. The van der Waals surface area contributed by atoms with E-state index in [1.54, 1.807) is 12.5 Å². The SMILES string of the molecule is CNCc1ncn2ccncc12. The van der Waals surface area contributed by atoms with Crippen molar-refractivity contribution in [1.82, 2.24) is 19.7 Å². The molecule has 4 nitrogen and oxygen atoms in total. The Bertz CT molecular complexity index is 379. The van der Waals surface area contributed by atoms with Gasteiger partial charge in [0.1, 0.15) is 0 Å². The Morgan fingerprint density at radius 3 is 3.33 bits per heavy atom. The smallest absolute Gasteiger partial charge is 0.0997 e. The molecule has 0 aliphatic carbocycles. The molecule has 62 valence electrons. The molecule has 4 heteroatoms. The topological polar surface area (TPSA) is 42.2 Å². The van der Waals surface area contributed by atoms with Gasteiger partial charge in [0.15, 0.2) is 0 Å². The van der Waals surface area contributed by atoms with Crippen molar-refractivity contribution in [1.29, 1.82) is 0 Å². The minimum Gasteiger partial charge on any atom is -0.314 e. The molecular formula is C8H10N4. The van der Waals surface area contributed by atoms with Crippen molar-refractivity contribution in [3.8, 4) is 0 Å². The third-order valence-electron chi connectivity index (χ3n) is 1.77. The molecule has 0 bridgehead atoms. The molecule has 2 heterocycles. The molecule has 0 radical (unpaired) electrons. The van der Waals surface area contributed by atoms with Crippen LogP contribution in [0.4, 0.5) is 0 Å². The molecule has 0 saturated carbocycles. The average molecular weight is 162 g/mol. The summed E-state index contributed by atoms with van der Waals surface area (Å²) in [6.45, 7) is 0.780. The zero-order valence-electron chi connectivity index (χ0n) is 6.86. The lowest BCUT2D eigenvalue weighted by molar-refractivity contribution is 0.802. The Morgan fingerprint density at radius 2 is 2.50 bits per heavy atom. The number of imidazole rings is 1. The van der Waals surface area contributed by atoms with Gasteiger partial charge in [0.25, 0.3) is 0 Å². The average Bonchev–Trinajstić information content (AvgIpc) is 2.50. The van der Waals surface area contributed by atoms with E-state index in [0.717, 1.165) is 17.8 Å². The highest BCUT2D eigenvalue weighted by Crippen LogP contribution is 2.05. The zero-order valence-corrected chi connectivity index (χ0v) is 6.86. The van der Waals surface area contributed by atoms with Crippen molar-refractivity contribution < 1.29 is 0 Å². The van der Waals surface area contributed by atoms with Gasteiger partial charge in [0.2, 0.25) is 0 Å². The van der Waals surface area contributed by atoms with E-state index < -0.39 is 0 Å². The summed E-state index contributed by atoms with van der Waals surface area (Å²) in [6, 6.07) is 0. The quantitative estimate of drug-likeness (QED) is 0.697. The maximum Gasteiger partial charge on any atom is 0.0997 e. The van der Waals surface area contributed by atoms with Crippen molar-refractivity contribution in [2.75, 3.05) is 7.05 Å². The summed E-state index contributed by atoms with van der Waals surface area (Å²) in [5, 5.41) is 3.06.